The molecule has 0 spiro atoms. The van der Waals surface area contributed by atoms with Crippen LogP contribution in [-0.2, 0) is 4.74 Å². The predicted octanol–water partition coefficient (Wildman–Crippen LogP) is 5.00. The summed E-state index contributed by atoms with van der Waals surface area (Å²) >= 11 is 0. The minimum absolute atomic E-state index is 0.101. The van der Waals surface area contributed by atoms with Crippen molar-refractivity contribution in [2.45, 2.75) is 19.4 Å². The fourth-order valence-electron chi connectivity index (χ4n) is 2.84. The summed E-state index contributed by atoms with van der Waals surface area (Å²) in [6.45, 7) is 2.10. The molecule has 3 nitrogen and oxygen atoms in total. The van der Waals surface area contributed by atoms with E-state index in [1.54, 1.807) is 14.2 Å². The maximum absolute atomic E-state index is 5.53. The van der Waals surface area contributed by atoms with E-state index in [4.69, 9.17) is 9.47 Å². The number of hydrogen-bond donors (Lipinski definition) is 0. The highest BCUT2D eigenvalue weighted by atomic mass is 16.5. The second-order valence-corrected chi connectivity index (χ2v) is 5.88. The maximum atomic E-state index is 5.53. The molecule has 3 rings (SSSR count). The van der Waals surface area contributed by atoms with Crippen LogP contribution in [0.2, 0.25) is 0 Å². The van der Waals surface area contributed by atoms with Crippen LogP contribution in [-0.4, -0.2) is 20.3 Å². The first-order valence-electron chi connectivity index (χ1n) is 8.13. The van der Waals surface area contributed by atoms with E-state index in [1.165, 1.54) is 5.56 Å². The number of allylic oxidation sites excluding steroid dienone is 1. The van der Waals surface area contributed by atoms with Crippen LogP contribution < -0.4 is 9.64 Å². The minimum atomic E-state index is 0.101. The number of ether oxygens (including phenoxy) is 2. The van der Waals surface area contributed by atoms with Crippen LogP contribution in [0.3, 0.4) is 0 Å². The lowest BCUT2D eigenvalue weighted by atomic mass is 10.1. The van der Waals surface area contributed by atoms with Gasteiger partial charge in [-0.25, -0.2) is 0 Å². The zero-order valence-electron chi connectivity index (χ0n) is 14.4. The van der Waals surface area contributed by atoms with Gasteiger partial charge in [-0.3, -0.25) is 0 Å². The van der Waals surface area contributed by atoms with E-state index in [-0.39, 0.29) is 6.10 Å². The van der Waals surface area contributed by atoms with Crippen LogP contribution in [0, 0.1) is 6.92 Å². The molecule has 0 aromatic heterocycles. The first-order chi connectivity index (χ1) is 11.7. The van der Waals surface area contributed by atoms with Crippen molar-refractivity contribution in [3.8, 4) is 5.75 Å². The van der Waals surface area contributed by atoms with Gasteiger partial charge in [0, 0.05) is 30.2 Å². The second kappa shape index (κ2) is 7.37. The smallest absolute Gasteiger partial charge is 0.120 e. The van der Waals surface area contributed by atoms with E-state index in [2.05, 4.69) is 60.4 Å². The summed E-state index contributed by atoms with van der Waals surface area (Å²) in [5, 5.41) is 0. The number of rotatable bonds is 5. The lowest BCUT2D eigenvalue weighted by Crippen LogP contribution is -2.20. The molecule has 0 N–H and O–H groups in total. The number of aryl methyl sites for hydroxylation is 1. The average Bonchev–Trinajstić information content (AvgIpc) is 2.64. The summed E-state index contributed by atoms with van der Waals surface area (Å²) in [4.78, 5) is 2.23. The summed E-state index contributed by atoms with van der Waals surface area (Å²) in [5.74, 6) is 0.841. The summed E-state index contributed by atoms with van der Waals surface area (Å²) in [6, 6.07) is 16.6. The largest absolute Gasteiger partial charge is 0.497 e. The van der Waals surface area contributed by atoms with Crippen molar-refractivity contribution in [1.82, 2.24) is 0 Å². The van der Waals surface area contributed by atoms with E-state index in [0.29, 0.717) is 0 Å². The standard InChI is InChI=1S/C21H23NO2/c1-16-10-12-17(13-11-16)22(18-6-4-8-20(14-18)23-2)19-7-5-9-21(15-19)24-3/h4-8,10-15,21H,9H2,1-3H3. The molecular formula is C21H23NO2. The van der Waals surface area contributed by atoms with Gasteiger partial charge in [-0.2, -0.15) is 0 Å². The molecule has 0 fully saturated rings. The van der Waals surface area contributed by atoms with Crippen molar-refractivity contribution in [2.24, 2.45) is 0 Å². The lowest BCUT2D eigenvalue weighted by Gasteiger charge is -2.29. The van der Waals surface area contributed by atoms with E-state index >= 15 is 0 Å². The zero-order valence-corrected chi connectivity index (χ0v) is 14.4. The Labute approximate surface area is 143 Å². The number of nitrogens with zero attached hydrogens (tertiary/aromatic N) is 1. The fourth-order valence-corrected chi connectivity index (χ4v) is 2.84. The van der Waals surface area contributed by atoms with Gasteiger partial charge in [0.2, 0.25) is 0 Å². The highest BCUT2D eigenvalue weighted by molar-refractivity contribution is 5.71. The van der Waals surface area contributed by atoms with Crippen molar-refractivity contribution in [1.29, 1.82) is 0 Å². The average molecular weight is 321 g/mol. The molecule has 1 atom stereocenters. The summed E-state index contributed by atoms with van der Waals surface area (Å²) < 4.78 is 10.9. The molecule has 24 heavy (non-hydrogen) atoms. The minimum Gasteiger partial charge on any atom is -0.497 e. The Balaban J connectivity index is 2.08. The second-order valence-electron chi connectivity index (χ2n) is 5.88. The van der Waals surface area contributed by atoms with Gasteiger partial charge in [-0.15, -0.1) is 0 Å². The van der Waals surface area contributed by atoms with E-state index in [0.717, 1.165) is 29.2 Å². The van der Waals surface area contributed by atoms with Gasteiger partial charge in [0.05, 0.1) is 13.2 Å². The molecule has 1 aliphatic carbocycles. The molecule has 0 heterocycles. The van der Waals surface area contributed by atoms with Crippen molar-refractivity contribution in [2.75, 3.05) is 19.1 Å². The molecule has 0 aliphatic heterocycles. The number of anilines is 2. The Morgan fingerprint density at radius 2 is 1.79 bits per heavy atom. The third-order valence-corrected chi connectivity index (χ3v) is 4.18. The van der Waals surface area contributed by atoms with E-state index in [1.807, 2.05) is 18.2 Å². The highest BCUT2D eigenvalue weighted by Crippen LogP contribution is 2.34. The van der Waals surface area contributed by atoms with Crippen LogP contribution in [0.25, 0.3) is 0 Å². The molecule has 2 aromatic carbocycles. The first kappa shape index (κ1) is 16.3. The predicted molar refractivity (Wildman–Crippen MR) is 98.9 cm³/mol. The van der Waals surface area contributed by atoms with Gasteiger partial charge in [0.25, 0.3) is 0 Å². The molecule has 0 bridgehead atoms. The van der Waals surface area contributed by atoms with Crippen LogP contribution in [0.4, 0.5) is 11.4 Å². The van der Waals surface area contributed by atoms with Gasteiger partial charge in [-0.1, -0.05) is 29.8 Å². The Kier molecular flexibility index (Phi) is 5.02. The molecule has 0 amide bonds. The van der Waals surface area contributed by atoms with Gasteiger partial charge < -0.3 is 14.4 Å². The van der Waals surface area contributed by atoms with Gasteiger partial charge in [-0.05, 0) is 49.8 Å². The van der Waals surface area contributed by atoms with Gasteiger partial charge in [0.15, 0.2) is 0 Å². The number of methoxy groups -OCH3 is 2. The SMILES string of the molecule is COc1cccc(N(C2=CC(OC)CC=C2)c2ccc(C)cc2)c1. The maximum Gasteiger partial charge on any atom is 0.120 e. The van der Waals surface area contributed by atoms with Crippen molar-refractivity contribution < 1.29 is 9.47 Å². The van der Waals surface area contributed by atoms with Crippen LogP contribution in [0.15, 0.2) is 72.5 Å². The molecular weight excluding hydrogens is 298 g/mol. The molecule has 2 aromatic rings. The fraction of sp³-hybridized carbons (Fsp3) is 0.238. The summed E-state index contributed by atoms with van der Waals surface area (Å²) in [6.07, 6.45) is 7.47. The Morgan fingerprint density at radius 1 is 1.00 bits per heavy atom. The van der Waals surface area contributed by atoms with Crippen LogP contribution in [0.5, 0.6) is 5.75 Å². The Bertz CT molecular complexity index is 747. The van der Waals surface area contributed by atoms with Crippen molar-refractivity contribution in [3.63, 3.8) is 0 Å². The molecule has 3 heteroatoms. The molecule has 0 radical (unpaired) electrons. The Hall–Kier alpha value is -2.52. The Morgan fingerprint density at radius 3 is 2.50 bits per heavy atom. The third-order valence-electron chi connectivity index (χ3n) is 4.18. The van der Waals surface area contributed by atoms with Crippen LogP contribution >= 0.6 is 0 Å². The van der Waals surface area contributed by atoms with Crippen molar-refractivity contribution in [3.05, 3.63) is 78.0 Å². The molecule has 0 saturated heterocycles. The number of hydrogen-bond acceptors (Lipinski definition) is 3. The van der Waals surface area contributed by atoms with Gasteiger partial charge in [0.1, 0.15) is 5.75 Å². The topological polar surface area (TPSA) is 21.7 Å². The number of benzene rings is 2. The molecule has 1 unspecified atom stereocenters. The highest BCUT2D eigenvalue weighted by Gasteiger charge is 2.17. The molecule has 0 saturated carbocycles. The third kappa shape index (κ3) is 3.52. The van der Waals surface area contributed by atoms with Crippen molar-refractivity contribution >= 4 is 11.4 Å². The van der Waals surface area contributed by atoms with E-state index < -0.39 is 0 Å². The zero-order chi connectivity index (χ0) is 16.9. The summed E-state index contributed by atoms with van der Waals surface area (Å²) in [5.41, 5.74) is 4.52. The first-order valence-corrected chi connectivity index (χ1v) is 8.13. The normalized spacial score (nSPS) is 16.6. The van der Waals surface area contributed by atoms with Crippen LogP contribution in [0.1, 0.15) is 12.0 Å². The molecule has 1 aliphatic rings. The molecule has 124 valence electrons. The quantitative estimate of drug-likeness (QED) is 0.773. The monoisotopic (exact) mass is 321 g/mol. The van der Waals surface area contributed by atoms with Gasteiger partial charge >= 0.3 is 0 Å². The summed E-state index contributed by atoms with van der Waals surface area (Å²) in [7, 11) is 3.44. The lowest BCUT2D eigenvalue weighted by molar-refractivity contribution is 0.142. The van der Waals surface area contributed by atoms with E-state index in [9.17, 15) is 0 Å².